The van der Waals surface area contributed by atoms with Gasteiger partial charge < -0.3 is 14.6 Å². The van der Waals surface area contributed by atoms with Crippen LogP contribution in [0.3, 0.4) is 0 Å². The number of hydrogen-bond acceptors (Lipinski definition) is 6. The first-order valence-corrected chi connectivity index (χ1v) is 9.26. The first-order valence-electron chi connectivity index (χ1n) is 9.26. The lowest BCUT2D eigenvalue weighted by Gasteiger charge is -2.31. The molecule has 0 saturated carbocycles. The van der Waals surface area contributed by atoms with Gasteiger partial charge in [0.05, 0.1) is 24.4 Å². The van der Waals surface area contributed by atoms with Gasteiger partial charge in [-0.1, -0.05) is 30.3 Å². The van der Waals surface area contributed by atoms with Crippen LogP contribution >= 0.6 is 0 Å². The molecule has 8 nitrogen and oxygen atoms in total. The number of carbonyl (C=O) groups is 1. The van der Waals surface area contributed by atoms with Crippen molar-refractivity contribution in [3.8, 4) is 11.4 Å². The molecule has 3 aromatic rings. The van der Waals surface area contributed by atoms with Gasteiger partial charge >= 0.3 is 11.7 Å². The second kappa shape index (κ2) is 7.21. The summed E-state index contributed by atoms with van der Waals surface area (Å²) in [5, 5.41) is 13.5. The quantitative estimate of drug-likeness (QED) is 0.664. The minimum atomic E-state index is -0.845. The Morgan fingerprint density at radius 3 is 2.69 bits per heavy atom. The molecule has 0 atom stereocenters. The molecule has 4 rings (SSSR count). The number of ether oxygens (including phenoxy) is 2. The van der Waals surface area contributed by atoms with Crippen molar-refractivity contribution in [2.75, 3.05) is 6.61 Å². The standard InChI is InChI=1S/C21H21N3O5/c1-21(2)19-22-23(10-11-25)20(27)24(19)16-12-15(8-9-17(16)29-21)18(26)28-13-14-6-4-3-5-7-14/h3-9,12,25H,10-11,13H2,1-2H3. The third-order valence-corrected chi connectivity index (χ3v) is 4.70. The molecule has 0 saturated heterocycles. The summed E-state index contributed by atoms with van der Waals surface area (Å²) in [4.78, 5) is 25.4. The summed E-state index contributed by atoms with van der Waals surface area (Å²) in [6, 6.07) is 14.2. The van der Waals surface area contributed by atoms with Crippen LogP contribution in [-0.4, -0.2) is 32.0 Å². The fourth-order valence-corrected chi connectivity index (χ4v) is 3.29. The molecular formula is C21H21N3O5. The van der Waals surface area contributed by atoms with Crippen molar-refractivity contribution in [1.29, 1.82) is 0 Å². The van der Waals surface area contributed by atoms with Gasteiger partial charge in [0.25, 0.3) is 0 Å². The molecule has 0 unspecified atom stereocenters. The molecule has 150 valence electrons. The number of nitrogens with zero attached hydrogens (tertiary/aromatic N) is 3. The van der Waals surface area contributed by atoms with Crippen LogP contribution in [-0.2, 0) is 23.5 Å². The van der Waals surface area contributed by atoms with Gasteiger partial charge in [0.15, 0.2) is 11.4 Å². The number of rotatable bonds is 5. The Labute approximate surface area is 166 Å². The van der Waals surface area contributed by atoms with E-state index in [4.69, 9.17) is 9.47 Å². The lowest BCUT2D eigenvalue weighted by Crippen LogP contribution is -2.36. The molecule has 0 bridgehead atoms. The summed E-state index contributed by atoms with van der Waals surface area (Å²) in [7, 11) is 0. The predicted octanol–water partition coefficient (Wildman–Crippen LogP) is 2.01. The van der Waals surface area contributed by atoms with Crippen molar-refractivity contribution in [3.63, 3.8) is 0 Å². The van der Waals surface area contributed by atoms with Crippen molar-refractivity contribution >= 4 is 5.97 Å². The normalized spacial score (nSPS) is 13.9. The van der Waals surface area contributed by atoms with E-state index < -0.39 is 17.3 Å². The largest absolute Gasteiger partial charge is 0.478 e. The molecule has 1 aliphatic heterocycles. The van der Waals surface area contributed by atoms with Crippen molar-refractivity contribution in [2.45, 2.75) is 32.6 Å². The highest BCUT2D eigenvalue weighted by Crippen LogP contribution is 2.37. The van der Waals surface area contributed by atoms with Crippen LogP contribution in [0.2, 0.25) is 0 Å². The lowest BCUT2D eigenvalue weighted by atomic mass is 10.1. The molecule has 2 aromatic carbocycles. The van der Waals surface area contributed by atoms with E-state index >= 15 is 0 Å². The topological polar surface area (TPSA) is 95.6 Å². The number of aromatic nitrogens is 3. The maximum atomic E-state index is 12.8. The maximum Gasteiger partial charge on any atom is 0.350 e. The lowest BCUT2D eigenvalue weighted by molar-refractivity contribution is 0.0472. The van der Waals surface area contributed by atoms with Gasteiger partial charge in [0.2, 0.25) is 0 Å². The van der Waals surface area contributed by atoms with Crippen molar-refractivity contribution in [1.82, 2.24) is 14.3 Å². The SMILES string of the molecule is CC1(C)Oc2ccc(C(=O)OCc3ccccc3)cc2-n2c1nn(CCO)c2=O. The second-order valence-electron chi connectivity index (χ2n) is 7.24. The number of fused-ring (bicyclic) bond motifs is 3. The number of carbonyl (C=O) groups excluding carboxylic acids is 1. The van der Waals surface area contributed by atoms with Gasteiger partial charge in [-0.25, -0.2) is 18.8 Å². The smallest absolute Gasteiger partial charge is 0.350 e. The van der Waals surface area contributed by atoms with Crippen LogP contribution in [0, 0.1) is 0 Å². The molecular weight excluding hydrogens is 374 g/mol. The zero-order valence-corrected chi connectivity index (χ0v) is 16.2. The Hall–Kier alpha value is -3.39. The monoisotopic (exact) mass is 395 g/mol. The zero-order valence-electron chi connectivity index (χ0n) is 16.2. The van der Waals surface area contributed by atoms with E-state index in [1.54, 1.807) is 32.0 Å². The van der Waals surface area contributed by atoms with E-state index in [0.717, 1.165) is 5.56 Å². The van der Waals surface area contributed by atoms with E-state index in [1.165, 1.54) is 9.25 Å². The first kappa shape index (κ1) is 18.9. The highest BCUT2D eigenvalue weighted by atomic mass is 16.5. The van der Waals surface area contributed by atoms with E-state index in [9.17, 15) is 14.7 Å². The summed E-state index contributed by atoms with van der Waals surface area (Å²) in [5.74, 6) is 0.366. The van der Waals surface area contributed by atoms with Crippen LogP contribution in [0.4, 0.5) is 0 Å². The Balaban J connectivity index is 1.69. The Kier molecular flexibility index (Phi) is 4.71. The van der Waals surface area contributed by atoms with Gasteiger partial charge in [0.1, 0.15) is 12.4 Å². The number of aliphatic hydroxyl groups is 1. The summed E-state index contributed by atoms with van der Waals surface area (Å²) in [5.41, 5.74) is 0.356. The predicted molar refractivity (Wildman–Crippen MR) is 104 cm³/mol. The third kappa shape index (κ3) is 3.42. The second-order valence-corrected chi connectivity index (χ2v) is 7.24. The maximum absolute atomic E-state index is 12.8. The minimum Gasteiger partial charge on any atom is -0.478 e. The van der Waals surface area contributed by atoms with Crippen LogP contribution < -0.4 is 10.4 Å². The van der Waals surface area contributed by atoms with Crippen LogP contribution in [0.1, 0.15) is 35.6 Å². The zero-order chi connectivity index (χ0) is 20.6. The Morgan fingerprint density at radius 2 is 1.97 bits per heavy atom. The number of benzene rings is 2. The van der Waals surface area contributed by atoms with Gasteiger partial charge in [-0.15, -0.1) is 0 Å². The van der Waals surface area contributed by atoms with E-state index in [0.29, 0.717) is 22.8 Å². The molecule has 0 spiro atoms. The van der Waals surface area contributed by atoms with Gasteiger partial charge in [-0.05, 0) is 37.6 Å². The molecule has 1 aromatic heterocycles. The number of hydrogen-bond donors (Lipinski definition) is 1. The fraction of sp³-hybridized carbons (Fsp3) is 0.286. The highest BCUT2D eigenvalue weighted by molar-refractivity contribution is 5.90. The average molecular weight is 395 g/mol. The molecule has 1 aliphatic rings. The Bertz CT molecular complexity index is 1120. The Morgan fingerprint density at radius 1 is 1.21 bits per heavy atom. The first-order chi connectivity index (χ1) is 13.9. The fourth-order valence-electron chi connectivity index (χ4n) is 3.29. The molecule has 0 aliphatic carbocycles. The van der Waals surface area contributed by atoms with Crippen LogP contribution in [0.25, 0.3) is 5.69 Å². The van der Waals surface area contributed by atoms with Gasteiger partial charge in [-0.2, -0.15) is 5.10 Å². The van der Waals surface area contributed by atoms with E-state index in [-0.39, 0.29) is 19.8 Å². The van der Waals surface area contributed by atoms with E-state index in [2.05, 4.69) is 5.10 Å². The van der Waals surface area contributed by atoms with Gasteiger partial charge in [-0.3, -0.25) is 0 Å². The summed E-state index contributed by atoms with van der Waals surface area (Å²) >= 11 is 0. The van der Waals surface area contributed by atoms with Gasteiger partial charge in [0, 0.05) is 0 Å². The number of esters is 1. The van der Waals surface area contributed by atoms with E-state index in [1.807, 2.05) is 30.3 Å². The molecule has 0 fully saturated rings. The number of aliphatic hydroxyl groups excluding tert-OH is 1. The molecule has 1 N–H and O–H groups in total. The van der Waals surface area contributed by atoms with Crippen LogP contribution in [0.5, 0.6) is 5.75 Å². The molecule has 2 heterocycles. The molecule has 29 heavy (non-hydrogen) atoms. The average Bonchev–Trinajstić information content (AvgIpc) is 3.05. The highest BCUT2D eigenvalue weighted by Gasteiger charge is 2.37. The van der Waals surface area contributed by atoms with Crippen molar-refractivity contribution < 1.29 is 19.4 Å². The van der Waals surface area contributed by atoms with Crippen molar-refractivity contribution in [2.24, 2.45) is 0 Å². The molecule has 8 heteroatoms. The third-order valence-electron chi connectivity index (χ3n) is 4.70. The summed E-state index contributed by atoms with van der Waals surface area (Å²) in [6.07, 6.45) is 0. The minimum absolute atomic E-state index is 0.0725. The van der Waals surface area contributed by atoms with Crippen molar-refractivity contribution in [3.05, 3.63) is 76.0 Å². The summed E-state index contributed by atoms with van der Waals surface area (Å²) in [6.45, 7) is 3.62. The molecule has 0 radical (unpaired) electrons. The van der Waals surface area contributed by atoms with Crippen LogP contribution in [0.15, 0.2) is 53.3 Å². The molecule has 0 amide bonds. The summed E-state index contributed by atoms with van der Waals surface area (Å²) < 4.78 is 14.0.